The second-order valence-electron chi connectivity index (χ2n) is 4.71. The molecule has 20 heavy (non-hydrogen) atoms. The maximum absolute atomic E-state index is 11.5. The van der Waals surface area contributed by atoms with E-state index in [-0.39, 0.29) is 18.4 Å². The van der Waals surface area contributed by atoms with Crippen molar-refractivity contribution >= 4 is 23.2 Å². The highest BCUT2D eigenvalue weighted by molar-refractivity contribution is 7.80. The number of ether oxygens (including phenoxy) is 1. The molecular formula is C14H21N3O2S. The highest BCUT2D eigenvalue weighted by Gasteiger charge is 2.03. The fourth-order valence-electron chi connectivity index (χ4n) is 1.38. The first-order valence-corrected chi connectivity index (χ1v) is 6.93. The van der Waals surface area contributed by atoms with Crippen LogP contribution >= 0.6 is 12.2 Å². The van der Waals surface area contributed by atoms with Crippen molar-refractivity contribution in [3.63, 3.8) is 0 Å². The second kappa shape index (κ2) is 8.37. The summed E-state index contributed by atoms with van der Waals surface area (Å²) in [5, 5.41) is 3.36. The van der Waals surface area contributed by atoms with Crippen molar-refractivity contribution in [2.24, 2.45) is 0 Å². The number of aryl methyl sites for hydroxylation is 1. The Labute approximate surface area is 125 Å². The smallest absolute Gasteiger partial charge is 0.241 e. The molecule has 6 heteroatoms. The quantitative estimate of drug-likeness (QED) is 0.570. The van der Waals surface area contributed by atoms with Crippen LogP contribution < -0.4 is 20.9 Å². The summed E-state index contributed by atoms with van der Waals surface area (Å²) in [6.07, 6.45) is 0.255. The molecule has 3 N–H and O–H groups in total. The molecule has 0 bridgehead atoms. The van der Waals surface area contributed by atoms with Gasteiger partial charge in [0.15, 0.2) is 5.11 Å². The standard InChI is InChI=1S/C14H21N3O2S/c1-10(2)15-14(20)17-16-13(18)8-9-19-12-6-4-11(3)5-7-12/h4-7,10H,8-9H2,1-3H3,(H,16,18)(H2,15,17,20). The van der Waals surface area contributed by atoms with E-state index in [2.05, 4.69) is 16.2 Å². The molecule has 0 saturated heterocycles. The molecule has 1 rings (SSSR count). The first-order valence-electron chi connectivity index (χ1n) is 6.52. The monoisotopic (exact) mass is 295 g/mol. The van der Waals surface area contributed by atoms with Gasteiger partial charge in [-0.2, -0.15) is 0 Å². The summed E-state index contributed by atoms with van der Waals surface area (Å²) in [6, 6.07) is 7.91. The Morgan fingerprint density at radius 1 is 1.25 bits per heavy atom. The van der Waals surface area contributed by atoms with Gasteiger partial charge in [0.1, 0.15) is 5.75 Å². The lowest BCUT2D eigenvalue weighted by Gasteiger charge is -2.13. The summed E-state index contributed by atoms with van der Waals surface area (Å²) >= 11 is 4.98. The van der Waals surface area contributed by atoms with Crippen LogP contribution in [0.3, 0.4) is 0 Å². The first kappa shape index (κ1) is 16.2. The van der Waals surface area contributed by atoms with Crippen LogP contribution in [0.2, 0.25) is 0 Å². The SMILES string of the molecule is Cc1ccc(OCCC(=O)NNC(=S)NC(C)C)cc1. The van der Waals surface area contributed by atoms with Crippen LogP contribution in [0.15, 0.2) is 24.3 Å². The van der Waals surface area contributed by atoms with Crippen LogP contribution in [0.25, 0.3) is 0 Å². The van der Waals surface area contributed by atoms with Crippen LogP contribution in [0.1, 0.15) is 25.8 Å². The summed E-state index contributed by atoms with van der Waals surface area (Å²) in [5.41, 5.74) is 6.32. The molecule has 0 radical (unpaired) electrons. The zero-order valence-corrected chi connectivity index (χ0v) is 12.8. The van der Waals surface area contributed by atoms with Crippen LogP contribution in [0.4, 0.5) is 0 Å². The molecule has 0 aliphatic carbocycles. The molecule has 0 aliphatic rings. The maximum Gasteiger partial charge on any atom is 0.241 e. The number of hydrogen-bond acceptors (Lipinski definition) is 3. The number of nitrogens with one attached hydrogen (secondary N) is 3. The van der Waals surface area contributed by atoms with Gasteiger partial charge in [-0.05, 0) is 45.1 Å². The van der Waals surface area contributed by atoms with Gasteiger partial charge in [0.2, 0.25) is 5.91 Å². The van der Waals surface area contributed by atoms with Crippen LogP contribution in [0.5, 0.6) is 5.75 Å². The van der Waals surface area contributed by atoms with E-state index in [1.165, 1.54) is 5.56 Å². The fraction of sp³-hybridized carbons (Fsp3) is 0.429. The summed E-state index contributed by atoms with van der Waals surface area (Å²) in [5.74, 6) is 0.582. The van der Waals surface area contributed by atoms with Crippen molar-refractivity contribution in [1.82, 2.24) is 16.2 Å². The molecule has 1 amide bonds. The number of hydrazine groups is 1. The Bertz CT molecular complexity index is 446. The van der Waals surface area contributed by atoms with E-state index in [0.717, 1.165) is 5.75 Å². The average Bonchev–Trinajstić information content (AvgIpc) is 2.38. The Morgan fingerprint density at radius 3 is 2.50 bits per heavy atom. The third kappa shape index (κ3) is 6.94. The summed E-state index contributed by atoms with van der Waals surface area (Å²) < 4.78 is 5.47. The molecule has 0 spiro atoms. The molecule has 0 aliphatic heterocycles. The second-order valence-corrected chi connectivity index (χ2v) is 5.12. The van der Waals surface area contributed by atoms with E-state index >= 15 is 0 Å². The lowest BCUT2D eigenvalue weighted by molar-refractivity contribution is -0.122. The predicted molar refractivity (Wildman–Crippen MR) is 83.4 cm³/mol. The van der Waals surface area contributed by atoms with E-state index in [9.17, 15) is 4.79 Å². The van der Waals surface area contributed by atoms with Gasteiger partial charge in [-0.3, -0.25) is 15.6 Å². The molecule has 1 aromatic carbocycles. The third-order valence-electron chi connectivity index (χ3n) is 2.35. The highest BCUT2D eigenvalue weighted by Crippen LogP contribution is 2.11. The minimum absolute atomic E-state index is 0.176. The Kier molecular flexibility index (Phi) is 6.79. The number of thiocarbonyl (C=S) groups is 1. The van der Waals surface area contributed by atoms with Gasteiger partial charge in [0, 0.05) is 6.04 Å². The average molecular weight is 295 g/mol. The summed E-state index contributed by atoms with van der Waals surface area (Å²) in [4.78, 5) is 11.5. The van der Waals surface area contributed by atoms with E-state index < -0.39 is 0 Å². The van der Waals surface area contributed by atoms with Crippen molar-refractivity contribution in [3.8, 4) is 5.75 Å². The summed E-state index contributed by atoms with van der Waals surface area (Å²) in [7, 11) is 0. The van der Waals surface area contributed by atoms with Crippen LogP contribution in [-0.4, -0.2) is 23.7 Å². The lowest BCUT2D eigenvalue weighted by Crippen LogP contribution is -2.48. The van der Waals surface area contributed by atoms with E-state index in [1.54, 1.807) is 0 Å². The Hall–Kier alpha value is -1.82. The molecule has 110 valence electrons. The zero-order chi connectivity index (χ0) is 15.0. The van der Waals surface area contributed by atoms with Gasteiger partial charge in [-0.15, -0.1) is 0 Å². The molecule has 0 atom stereocenters. The number of amides is 1. The van der Waals surface area contributed by atoms with Crippen molar-refractivity contribution in [1.29, 1.82) is 0 Å². The minimum atomic E-state index is -0.176. The maximum atomic E-state index is 11.5. The van der Waals surface area contributed by atoms with E-state index in [1.807, 2.05) is 45.0 Å². The van der Waals surface area contributed by atoms with E-state index in [0.29, 0.717) is 11.7 Å². The van der Waals surface area contributed by atoms with Gasteiger partial charge in [-0.25, -0.2) is 0 Å². The van der Waals surface area contributed by atoms with Crippen LogP contribution in [-0.2, 0) is 4.79 Å². The van der Waals surface area contributed by atoms with Crippen molar-refractivity contribution in [2.45, 2.75) is 33.2 Å². The topological polar surface area (TPSA) is 62.4 Å². The van der Waals surface area contributed by atoms with Gasteiger partial charge in [0.05, 0.1) is 13.0 Å². The fourth-order valence-corrected chi connectivity index (χ4v) is 1.67. The molecule has 1 aromatic rings. The Balaban J connectivity index is 2.17. The largest absolute Gasteiger partial charge is 0.493 e. The molecule has 0 fully saturated rings. The number of hydrogen-bond donors (Lipinski definition) is 3. The molecule has 5 nitrogen and oxygen atoms in total. The summed E-state index contributed by atoms with van der Waals surface area (Å²) in [6.45, 7) is 6.26. The van der Waals surface area contributed by atoms with Crippen molar-refractivity contribution < 1.29 is 9.53 Å². The molecule has 0 unspecified atom stereocenters. The molecule has 0 heterocycles. The van der Waals surface area contributed by atoms with E-state index in [4.69, 9.17) is 17.0 Å². The molecular weight excluding hydrogens is 274 g/mol. The number of benzene rings is 1. The molecule has 0 saturated carbocycles. The van der Waals surface area contributed by atoms with Gasteiger partial charge >= 0.3 is 0 Å². The minimum Gasteiger partial charge on any atom is -0.493 e. The van der Waals surface area contributed by atoms with Crippen LogP contribution in [0, 0.1) is 6.92 Å². The number of rotatable bonds is 5. The van der Waals surface area contributed by atoms with Gasteiger partial charge < -0.3 is 10.1 Å². The lowest BCUT2D eigenvalue weighted by atomic mass is 10.2. The number of carbonyl (C=O) groups is 1. The third-order valence-corrected chi connectivity index (χ3v) is 2.57. The Morgan fingerprint density at radius 2 is 1.90 bits per heavy atom. The van der Waals surface area contributed by atoms with Gasteiger partial charge in [0.25, 0.3) is 0 Å². The normalized spacial score (nSPS) is 10.0. The van der Waals surface area contributed by atoms with Crippen molar-refractivity contribution in [2.75, 3.05) is 6.61 Å². The van der Waals surface area contributed by atoms with Crippen molar-refractivity contribution in [3.05, 3.63) is 29.8 Å². The first-order chi connectivity index (χ1) is 9.47. The zero-order valence-electron chi connectivity index (χ0n) is 12.0. The van der Waals surface area contributed by atoms with Gasteiger partial charge in [-0.1, -0.05) is 17.7 Å². The molecule has 0 aromatic heterocycles. The number of carbonyl (C=O) groups excluding carboxylic acids is 1. The predicted octanol–water partition coefficient (Wildman–Crippen LogP) is 1.67. The highest BCUT2D eigenvalue weighted by atomic mass is 32.1.